The molecule has 0 spiro atoms. The van der Waals surface area contributed by atoms with E-state index in [2.05, 4.69) is 0 Å². The second-order valence-corrected chi connectivity index (χ2v) is 1.04. The SMILES string of the molecule is CC(=O)O.CC(=O)O.O.[InH3]. The summed E-state index contributed by atoms with van der Waals surface area (Å²) < 4.78 is 0. The van der Waals surface area contributed by atoms with Crippen molar-refractivity contribution in [3.8, 4) is 0 Å². The number of hydrogen-bond acceptors (Lipinski definition) is 2. The number of rotatable bonds is 0. The van der Waals surface area contributed by atoms with Crippen molar-refractivity contribution in [2.24, 2.45) is 0 Å². The van der Waals surface area contributed by atoms with Crippen LogP contribution < -0.4 is 0 Å². The zero-order chi connectivity index (χ0) is 7.15. The molecule has 5 nitrogen and oxygen atoms in total. The van der Waals surface area contributed by atoms with E-state index in [1.54, 1.807) is 0 Å². The van der Waals surface area contributed by atoms with Crippen LogP contribution in [0.1, 0.15) is 13.8 Å². The van der Waals surface area contributed by atoms with Gasteiger partial charge in [-0.2, -0.15) is 0 Å². The second kappa shape index (κ2) is 15.9. The van der Waals surface area contributed by atoms with Crippen molar-refractivity contribution in [3.63, 3.8) is 0 Å². The number of aliphatic carboxylic acids is 2. The summed E-state index contributed by atoms with van der Waals surface area (Å²) in [4.78, 5) is 18.0. The Balaban J connectivity index is -0.0000000300. The first-order valence-electron chi connectivity index (χ1n) is 1.86. The third-order valence-electron chi connectivity index (χ3n) is 0. The summed E-state index contributed by atoms with van der Waals surface area (Å²) in [5, 5.41) is 14.8. The average Bonchev–Trinajstić information content (AvgIpc) is 1.25. The fourth-order valence-electron chi connectivity index (χ4n) is 0. The predicted molar refractivity (Wildman–Crippen MR) is 40.2 cm³/mol. The summed E-state index contributed by atoms with van der Waals surface area (Å²) in [5.74, 6) is -1.67. The summed E-state index contributed by atoms with van der Waals surface area (Å²) in [5.41, 5.74) is 0. The summed E-state index contributed by atoms with van der Waals surface area (Å²) in [6.45, 7) is 2.17. The molecule has 0 saturated heterocycles. The molecule has 6 heteroatoms. The van der Waals surface area contributed by atoms with Gasteiger partial charge >= 0.3 is 25.8 Å². The molecule has 0 amide bonds. The normalized spacial score (nSPS) is 5.00. The Labute approximate surface area is 77.1 Å². The maximum absolute atomic E-state index is 9.00. The Hall–Kier alpha value is -0.230. The number of hydrogen-bond donors (Lipinski definition) is 2. The van der Waals surface area contributed by atoms with E-state index < -0.39 is 11.9 Å². The molecule has 0 aromatic heterocycles. The van der Waals surface area contributed by atoms with Crippen LogP contribution in [-0.2, 0) is 9.59 Å². The van der Waals surface area contributed by atoms with Crippen molar-refractivity contribution in [2.75, 3.05) is 0 Å². The van der Waals surface area contributed by atoms with Gasteiger partial charge in [0.1, 0.15) is 0 Å². The van der Waals surface area contributed by atoms with Crippen molar-refractivity contribution in [1.82, 2.24) is 0 Å². The van der Waals surface area contributed by atoms with Crippen LogP contribution in [0.3, 0.4) is 0 Å². The minimum absolute atomic E-state index is 0. The van der Waals surface area contributed by atoms with E-state index in [0.29, 0.717) is 0 Å². The minimum atomic E-state index is -0.833. The van der Waals surface area contributed by atoms with Gasteiger partial charge in [0.2, 0.25) is 0 Å². The molecule has 0 saturated carbocycles. The van der Waals surface area contributed by atoms with Crippen LogP contribution in [0.4, 0.5) is 0 Å². The summed E-state index contributed by atoms with van der Waals surface area (Å²) in [6, 6.07) is 0. The van der Waals surface area contributed by atoms with E-state index in [-0.39, 0.29) is 31.3 Å². The van der Waals surface area contributed by atoms with Gasteiger partial charge in [0.15, 0.2) is 0 Å². The van der Waals surface area contributed by atoms with Gasteiger partial charge in [-0.25, -0.2) is 0 Å². The van der Waals surface area contributed by atoms with Gasteiger partial charge in [0.25, 0.3) is 11.9 Å². The van der Waals surface area contributed by atoms with Gasteiger partial charge in [0.05, 0.1) is 0 Å². The fraction of sp³-hybridized carbons (Fsp3) is 0.500. The average molecular weight is 256 g/mol. The Bertz CT molecular complexity index is 71.6. The molecule has 62 valence electrons. The van der Waals surface area contributed by atoms with Crippen molar-refractivity contribution >= 4 is 37.8 Å². The Morgan fingerprint density at radius 1 is 1.00 bits per heavy atom. The molecular formula is C4H13InO5. The Kier molecular flexibility index (Phi) is 35.9. The summed E-state index contributed by atoms with van der Waals surface area (Å²) in [7, 11) is 0. The van der Waals surface area contributed by atoms with E-state index in [0.717, 1.165) is 13.8 Å². The zero-order valence-corrected chi connectivity index (χ0v) is 5.21. The van der Waals surface area contributed by atoms with Gasteiger partial charge in [-0.1, -0.05) is 0 Å². The van der Waals surface area contributed by atoms with E-state index in [1.165, 1.54) is 0 Å². The molecule has 0 aromatic carbocycles. The van der Waals surface area contributed by atoms with E-state index in [4.69, 9.17) is 19.8 Å². The van der Waals surface area contributed by atoms with Crippen LogP contribution in [0, 0.1) is 0 Å². The van der Waals surface area contributed by atoms with Gasteiger partial charge in [-0.3, -0.25) is 9.59 Å². The van der Waals surface area contributed by atoms with E-state index in [9.17, 15) is 0 Å². The second-order valence-electron chi connectivity index (χ2n) is 1.04. The first-order chi connectivity index (χ1) is 3.46. The quantitative estimate of drug-likeness (QED) is 0.531. The van der Waals surface area contributed by atoms with Crippen molar-refractivity contribution < 1.29 is 25.3 Å². The van der Waals surface area contributed by atoms with Gasteiger partial charge < -0.3 is 15.7 Å². The number of carboxylic acids is 2. The molecule has 0 fully saturated rings. The number of carboxylic acid groups (broad SMARTS) is 2. The van der Waals surface area contributed by atoms with E-state index in [1.807, 2.05) is 0 Å². The molecule has 0 bridgehead atoms. The topological polar surface area (TPSA) is 106 Å². The van der Waals surface area contributed by atoms with Crippen LogP contribution in [0.15, 0.2) is 0 Å². The maximum atomic E-state index is 9.00. The van der Waals surface area contributed by atoms with Gasteiger partial charge in [-0.15, -0.1) is 0 Å². The Morgan fingerprint density at radius 3 is 1.00 bits per heavy atom. The first kappa shape index (κ1) is 22.6. The standard InChI is InChI=1S/2C2H4O2.In.H2O.3H/c2*1-2(3)4;;;;;/h2*1H3,(H,3,4);;1H2;;;. The van der Waals surface area contributed by atoms with E-state index >= 15 is 0 Å². The molecule has 0 radical (unpaired) electrons. The molecule has 0 aliphatic rings. The van der Waals surface area contributed by atoms with Crippen LogP contribution in [-0.4, -0.2) is 53.5 Å². The molecular weight excluding hydrogens is 243 g/mol. The van der Waals surface area contributed by atoms with Crippen molar-refractivity contribution in [2.45, 2.75) is 13.8 Å². The predicted octanol–water partition coefficient (Wildman–Crippen LogP) is -1.83. The van der Waals surface area contributed by atoms with Crippen LogP contribution in [0.2, 0.25) is 0 Å². The Morgan fingerprint density at radius 2 is 1.00 bits per heavy atom. The number of carbonyl (C=O) groups is 2. The first-order valence-corrected chi connectivity index (χ1v) is 1.86. The molecule has 0 aromatic rings. The van der Waals surface area contributed by atoms with Crippen LogP contribution >= 0.6 is 0 Å². The molecule has 0 aliphatic heterocycles. The fourth-order valence-corrected chi connectivity index (χ4v) is 0. The summed E-state index contributed by atoms with van der Waals surface area (Å²) >= 11 is 0. The molecule has 0 aliphatic carbocycles. The van der Waals surface area contributed by atoms with Gasteiger partial charge in [-0.05, 0) is 0 Å². The third-order valence-corrected chi connectivity index (χ3v) is 0. The van der Waals surface area contributed by atoms with Crippen LogP contribution in [0.25, 0.3) is 0 Å². The zero-order valence-electron chi connectivity index (χ0n) is 5.21. The van der Waals surface area contributed by atoms with Crippen molar-refractivity contribution in [3.05, 3.63) is 0 Å². The molecule has 4 N–H and O–H groups in total. The molecule has 0 atom stereocenters. The van der Waals surface area contributed by atoms with Crippen molar-refractivity contribution in [1.29, 1.82) is 0 Å². The monoisotopic (exact) mass is 256 g/mol. The summed E-state index contributed by atoms with van der Waals surface area (Å²) in [6.07, 6.45) is 0. The van der Waals surface area contributed by atoms with Crippen LogP contribution in [0.5, 0.6) is 0 Å². The molecule has 0 rings (SSSR count). The third kappa shape index (κ3) is 6740. The molecule has 10 heavy (non-hydrogen) atoms. The molecule has 0 heterocycles. The molecule has 0 unspecified atom stereocenters. The van der Waals surface area contributed by atoms with Gasteiger partial charge in [0, 0.05) is 13.8 Å².